The molecule has 2 aromatic rings. The molecular formula is C15H14BrF2NO2. The number of methoxy groups -OCH3 is 1. The van der Waals surface area contributed by atoms with Gasteiger partial charge in [0.05, 0.1) is 18.8 Å². The zero-order chi connectivity index (χ0) is 15.6. The number of nitrogens with one attached hydrogen (secondary N) is 1. The summed E-state index contributed by atoms with van der Waals surface area (Å²) in [5.41, 5.74) is 0.713. The van der Waals surface area contributed by atoms with Crippen LogP contribution in [-0.2, 0) is 0 Å². The zero-order valence-corrected chi connectivity index (χ0v) is 13.0. The first-order chi connectivity index (χ1) is 9.92. The number of ether oxygens (including phenoxy) is 1. The number of rotatable bonds is 4. The first kappa shape index (κ1) is 15.6. The van der Waals surface area contributed by atoms with E-state index in [0.717, 1.165) is 6.07 Å². The van der Waals surface area contributed by atoms with Gasteiger partial charge < -0.3 is 15.2 Å². The molecule has 112 valence electrons. The molecule has 0 aliphatic carbocycles. The Morgan fingerprint density at radius 2 is 1.95 bits per heavy atom. The van der Waals surface area contributed by atoms with Crippen molar-refractivity contribution in [1.29, 1.82) is 0 Å². The van der Waals surface area contributed by atoms with Crippen molar-refractivity contribution < 1.29 is 18.6 Å². The zero-order valence-electron chi connectivity index (χ0n) is 11.5. The van der Waals surface area contributed by atoms with Gasteiger partial charge in [0.1, 0.15) is 23.1 Å². The lowest BCUT2D eigenvalue weighted by atomic mass is 10.1. The van der Waals surface area contributed by atoms with E-state index in [1.54, 1.807) is 19.1 Å². The van der Waals surface area contributed by atoms with Gasteiger partial charge >= 0.3 is 0 Å². The first-order valence-electron chi connectivity index (χ1n) is 6.20. The summed E-state index contributed by atoms with van der Waals surface area (Å²) < 4.78 is 32.1. The van der Waals surface area contributed by atoms with Gasteiger partial charge in [0.2, 0.25) is 0 Å². The van der Waals surface area contributed by atoms with Gasteiger partial charge in [-0.25, -0.2) is 8.78 Å². The topological polar surface area (TPSA) is 41.5 Å². The molecule has 0 saturated heterocycles. The minimum Gasteiger partial charge on any atom is -0.507 e. The number of hydrogen-bond donors (Lipinski definition) is 2. The number of halogens is 3. The Bertz CT molecular complexity index is 641. The summed E-state index contributed by atoms with van der Waals surface area (Å²) in [6, 6.07) is 6.44. The predicted molar refractivity (Wildman–Crippen MR) is 80.8 cm³/mol. The normalized spacial score (nSPS) is 12.0. The lowest BCUT2D eigenvalue weighted by Gasteiger charge is -2.19. The predicted octanol–water partition coefficient (Wildman–Crippen LogP) is 4.61. The highest BCUT2D eigenvalue weighted by Gasteiger charge is 2.16. The minimum atomic E-state index is -0.707. The Kier molecular flexibility index (Phi) is 4.67. The molecule has 21 heavy (non-hydrogen) atoms. The molecule has 3 nitrogen and oxygen atoms in total. The highest BCUT2D eigenvalue weighted by Crippen LogP contribution is 2.34. The van der Waals surface area contributed by atoms with Crippen molar-refractivity contribution in [2.45, 2.75) is 13.0 Å². The third-order valence-electron chi connectivity index (χ3n) is 3.07. The molecule has 0 fully saturated rings. The summed E-state index contributed by atoms with van der Waals surface area (Å²) in [6.45, 7) is 1.76. The van der Waals surface area contributed by atoms with Crippen LogP contribution >= 0.6 is 15.9 Å². The smallest absolute Gasteiger partial charge is 0.150 e. The number of benzene rings is 2. The lowest BCUT2D eigenvalue weighted by Crippen LogP contribution is -2.09. The van der Waals surface area contributed by atoms with Crippen LogP contribution in [0.25, 0.3) is 0 Å². The molecule has 0 aliphatic heterocycles. The summed E-state index contributed by atoms with van der Waals surface area (Å²) in [4.78, 5) is 0. The average Bonchev–Trinajstić information content (AvgIpc) is 2.42. The second-order valence-electron chi connectivity index (χ2n) is 4.54. The van der Waals surface area contributed by atoms with Crippen LogP contribution in [0, 0.1) is 11.6 Å². The Labute approximate surface area is 129 Å². The van der Waals surface area contributed by atoms with Crippen LogP contribution in [-0.4, -0.2) is 12.2 Å². The lowest BCUT2D eigenvalue weighted by molar-refractivity contribution is 0.406. The van der Waals surface area contributed by atoms with Crippen LogP contribution in [0.2, 0.25) is 0 Å². The summed E-state index contributed by atoms with van der Waals surface area (Å²) >= 11 is 3.12. The quantitative estimate of drug-likeness (QED) is 0.839. The Morgan fingerprint density at radius 1 is 1.24 bits per heavy atom. The maximum Gasteiger partial charge on any atom is 0.150 e. The van der Waals surface area contributed by atoms with E-state index in [2.05, 4.69) is 21.2 Å². The molecule has 0 amide bonds. The van der Waals surface area contributed by atoms with Crippen LogP contribution in [0.3, 0.4) is 0 Å². The van der Waals surface area contributed by atoms with E-state index in [9.17, 15) is 13.9 Å². The molecule has 1 atom stereocenters. The van der Waals surface area contributed by atoms with Gasteiger partial charge in [-0.2, -0.15) is 0 Å². The van der Waals surface area contributed by atoms with Crippen molar-refractivity contribution in [3.63, 3.8) is 0 Å². The molecular weight excluding hydrogens is 344 g/mol. The summed E-state index contributed by atoms with van der Waals surface area (Å²) in [6.07, 6.45) is 0. The molecule has 0 heterocycles. The highest BCUT2D eigenvalue weighted by atomic mass is 79.9. The van der Waals surface area contributed by atoms with Gasteiger partial charge in [-0.15, -0.1) is 0 Å². The van der Waals surface area contributed by atoms with Crippen LogP contribution in [0.1, 0.15) is 18.5 Å². The second-order valence-corrected chi connectivity index (χ2v) is 5.39. The minimum absolute atomic E-state index is 0.0352. The summed E-state index contributed by atoms with van der Waals surface area (Å²) in [7, 11) is 1.50. The van der Waals surface area contributed by atoms with Crippen LogP contribution in [0.5, 0.6) is 11.5 Å². The van der Waals surface area contributed by atoms with Crippen LogP contribution in [0.15, 0.2) is 34.8 Å². The van der Waals surface area contributed by atoms with E-state index in [4.69, 9.17) is 4.74 Å². The molecule has 0 saturated carbocycles. The fourth-order valence-electron chi connectivity index (χ4n) is 1.99. The van der Waals surface area contributed by atoms with Gasteiger partial charge in [0.15, 0.2) is 0 Å². The molecule has 0 aliphatic rings. The standard InChI is InChI=1S/C15H14BrF2NO2/c1-8(11-4-3-10(21-2)7-14(11)20)19-15-12(16)5-9(17)6-13(15)18/h3-8,19-20H,1-2H3. The van der Waals surface area contributed by atoms with Gasteiger partial charge in [-0.05, 0) is 41.1 Å². The Morgan fingerprint density at radius 3 is 2.52 bits per heavy atom. The van der Waals surface area contributed by atoms with Crippen molar-refractivity contribution in [3.05, 3.63) is 52.0 Å². The average molecular weight is 358 g/mol. The largest absolute Gasteiger partial charge is 0.507 e. The molecule has 1 unspecified atom stereocenters. The number of phenols is 1. The van der Waals surface area contributed by atoms with E-state index in [1.165, 1.54) is 19.2 Å². The molecule has 6 heteroatoms. The number of phenolic OH excluding ortho intramolecular Hbond substituents is 1. The van der Waals surface area contributed by atoms with E-state index in [0.29, 0.717) is 11.3 Å². The number of aromatic hydroxyl groups is 1. The van der Waals surface area contributed by atoms with Crippen molar-refractivity contribution >= 4 is 21.6 Å². The highest BCUT2D eigenvalue weighted by molar-refractivity contribution is 9.10. The monoisotopic (exact) mass is 357 g/mol. The Hall–Kier alpha value is -1.82. The van der Waals surface area contributed by atoms with Crippen molar-refractivity contribution in [3.8, 4) is 11.5 Å². The third-order valence-corrected chi connectivity index (χ3v) is 3.70. The maximum atomic E-state index is 13.8. The fourth-order valence-corrected chi connectivity index (χ4v) is 2.51. The number of hydrogen-bond acceptors (Lipinski definition) is 3. The maximum absolute atomic E-state index is 13.8. The van der Waals surface area contributed by atoms with Gasteiger partial charge in [0.25, 0.3) is 0 Å². The summed E-state index contributed by atoms with van der Waals surface area (Å²) in [5, 5.41) is 12.9. The van der Waals surface area contributed by atoms with Crippen molar-refractivity contribution in [1.82, 2.24) is 0 Å². The molecule has 0 bridgehead atoms. The van der Waals surface area contributed by atoms with E-state index >= 15 is 0 Å². The molecule has 2 aromatic carbocycles. The van der Waals surface area contributed by atoms with Crippen molar-refractivity contribution in [2.75, 3.05) is 12.4 Å². The first-order valence-corrected chi connectivity index (χ1v) is 6.99. The van der Waals surface area contributed by atoms with E-state index in [-0.39, 0.29) is 22.0 Å². The second kappa shape index (κ2) is 6.30. The SMILES string of the molecule is COc1ccc(C(C)Nc2c(F)cc(F)cc2Br)c(O)c1. The van der Waals surface area contributed by atoms with Crippen molar-refractivity contribution in [2.24, 2.45) is 0 Å². The Balaban J connectivity index is 2.28. The molecule has 0 radical (unpaired) electrons. The summed E-state index contributed by atoms with van der Waals surface area (Å²) in [5.74, 6) is -0.808. The van der Waals surface area contributed by atoms with E-state index in [1.807, 2.05) is 0 Å². The van der Waals surface area contributed by atoms with E-state index < -0.39 is 11.6 Å². The molecule has 0 aromatic heterocycles. The van der Waals surface area contributed by atoms with Gasteiger partial charge in [0, 0.05) is 22.2 Å². The van der Waals surface area contributed by atoms with Gasteiger partial charge in [-0.3, -0.25) is 0 Å². The molecule has 2 N–H and O–H groups in total. The van der Waals surface area contributed by atoms with Crippen LogP contribution < -0.4 is 10.1 Å². The van der Waals surface area contributed by atoms with Gasteiger partial charge in [-0.1, -0.05) is 0 Å². The van der Waals surface area contributed by atoms with Crippen LogP contribution in [0.4, 0.5) is 14.5 Å². The molecule has 2 rings (SSSR count). The third kappa shape index (κ3) is 3.44. The number of anilines is 1. The molecule has 0 spiro atoms. The fraction of sp³-hybridized carbons (Fsp3) is 0.200.